The zero-order chi connectivity index (χ0) is 19.4. The molecular weight excluding hydrogens is 361 g/mol. The average Bonchev–Trinajstić information content (AvgIpc) is 2.67. The van der Waals surface area contributed by atoms with Gasteiger partial charge in [-0.05, 0) is 31.0 Å². The Balaban J connectivity index is 1.72. The Kier molecular flexibility index (Phi) is 5.84. The second-order valence-corrected chi connectivity index (χ2v) is 6.66. The molecule has 1 aromatic carbocycles. The van der Waals surface area contributed by atoms with Crippen LogP contribution in [0.15, 0.2) is 36.4 Å². The van der Waals surface area contributed by atoms with Gasteiger partial charge in [-0.3, -0.25) is 9.59 Å². The van der Waals surface area contributed by atoms with Crippen molar-refractivity contribution < 1.29 is 27.5 Å². The van der Waals surface area contributed by atoms with E-state index in [0.29, 0.717) is 39.1 Å². The highest BCUT2D eigenvalue weighted by Crippen LogP contribution is 2.32. The Labute approximate surface area is 155 Å². The third kappa shape index (κ3) is 4.68. The highest BCUT2D eigenvalue weighted by atomic mass is 19.4. The highest BCUT2D eigenvalue weighted by Gasteiger charge is 2.37. The lowest BCUT2D eigenvalue weighted by molar-refractivity contribution is -0.144. The van der Waals surface area contributed by atoms with Crippen molar-refractivity contribution in [2.75, 3.05) is 31.6 Å². The Hall–Kier alpha value is -2.35. The standard InChI is InChI=1S/C19H21F3N2O3/c20-19(21,22)13-4-3-5-14(12-13)23-17(25)15-6-1-2-7-16(15)18(26)24-8-10-27-11-9-24/h1-5,12,15-16H,6-11H2,(H,23,25)/t15-,16+/m0/s1. The summed E-state index contributed by atoms with van der Waals surface area (Å²) in [6, 6.07) is 4.50. The van der Waals surface area contributed by atoms with Gasteiger partial charge in [0.05, 0.1) is 30.6 Å². The number of amides is 2. The molecular formula is C19H21F3N2O3. The van der Waals surface area contributed by atoms with E-state index in [4.69, 9.17) is 4.74 Å². The summed E-state index contributed by atoms with van der Waals surface area (Å²) in [7, 11) is 0. The van der Waals surface area contributed by atoms with Crippen molar-refractivity contribution in [3.8, 4) is 0 Å². The van der Waals surface area contributed by atoms with Crippen molar-refractivity contribution in [3.63, 3.8) is 0 Å². The minimum Gasteiger partial charge on any atom is -0.378 e. The number of morpholine rings is 1. The monoisotopic (exact) mass is 382 g/mol. The summed E-state index contributed by atoms with van der Waals surface area (Å²) in [6.45, 7) is 1.91. The number of carbonyl (C=O) groups is 2. The predicted octanol–water partition coefficient (Wildman–Crippen LogP) is 3.09. The molecule has 0 aromatic heterocycles. The van der Waals surface area contributed by atoms with Crippen molar-refractivity contribution in [1.29, 1.82) is 0 Å². The number of nitrogens with zero attached hydrogens (tertiary/aromatic N) is 1. The second kappa shape index (κ2) is 8.12. The van der Waals surface area contributed by atoms with Crippen LogP contribution in [0, 0.1) is 11.8 Å². The van der Waals surface area contributed by atoms with Gasteiger partial charge in [0, 0.05) is 18.8 Å². The third-order valence-corrected chi connectivity index (χ3v) is 4.87. The molecule has 27 heavy (non-hydrogen) atoms. The predicted molar refractivity (Wildman–Crippen MR) is 92.8 cm³/mol. The average molecular weight is 382 g/mol. The first-order valence-electron chi connectivity index (χ1n) is 8.86. The smallest absolute Gasteiger partial charge is 0.378 e. The molecule has 1 aliphatic heterocycles. The molecule has 1 saturated heterocycles. The van der Waals surface area contributed by atoms with E-state index >= 15 is 0 Å². The van der Waals surface area contributed by atoms with Crippen LogP contribution in [0.1, 0.15) is 18.4 Å². The van der Waals surface area contributed by atoms with Crippen molar-refractivity contribution in [2.24, 2.45) is 11.8 Å². The zero-order valence-electron chi connectivity index (χ0n) is 14.7. The number of ether oxygens (including phenoxy) is 1. The van der Waals surface area contributed by atoms with Crippen LogP contribution in [0.4, 0.5) is 18.9 Å². The van der Waals surface area contributed by atoms with E-state index in [2.05, 4.69) is 5.32 Å². The van der Waals surface area contributed by atoms with Gasteiger partial charge in [0.2, 0.25) is 11.8 Å². The van der Waals surface area contributed by atoms with Crippen molar-refractivity contribution >= 4 is 17.5 Å². The number of benzene rings is 1. The Morgan fingerprint density at radius 2 is 1.74 bits per heavy atom. The van der Waals surface area contributed by atoms with E-state index in [0.717, 1.165) is 12.1 Å². The van der Waals surface area contributed by atoms with Gasteiger partial charge in [-0.15, -0.1) is 0 Å². The molecule has 1 aliphatic carbocycles. The molecule has 0 unspecified atom stereocenters. The Bertz CT molecular complexity index is 727. The molecule has 146 valence electrons. The largest absolute Gasteiger partial charge is 0.416 e. The molecule has 3 rings (SSSR count). The number of rotatable bonds is 3. The first-order valence-corrected chi connectivity index (χ1v) is 8.86. The highest BCUT2D eigenvalue weighted by molar-refractivity contribution is 5.96. The van der Waals surface area contributed by atoms with Gasteiger partial charge in [-0.25, -0.2) is 0 Å². The maximum atomic E-state index is 12.9. The molecule has 1 heterocycles. The molecule has 2 aliphatic rings. The summed E-state index contributed by atoms with van der Waals surface area (Å²) in [4.78, 5) is 27.2. The summed E-state index contributed by atoms with van der Waals surface area (Å²) < 4.78 is 43.8. The molecule has 8 heteroatoms. The molecule has 2 amide bonds. The van der Waals surface area contributed by atoms with Crippen LogP contribution in [0.25, 0.3) is 0 Å². The van der Waals surface area contributed by atoms with E-state index in [1.54, 1.807) is 4.90 Å². The van der Waals surface area contributed by atoms with Crippen LogP contribution < -0.4 is 5.32 Å². The van der Waals surface area contributed by atoms with Gasteiger partial charge in [-0.2, -0.15) is 13.2 Å². The summed E-state index contributed by atoms with van der Waals surface area (Å²) in [5.41, 5.74) is -0.758. The molecule has 1 fully saturated rings. The Morgan fingerprint density at radius 3 is 2.41 bits per heavy atom. The first kappa shape index (κ1) is 19.4. The number of alkyl halides is 3. The molecule has 1 aromatic rings. The first-order chi connectivity index (χ1) is 12.9. The van der Waals surface area contributed by atoms with Crippen LogP contribution in [0.5, 0.6) is 0 Å². The fourth-order valence-electron chi connectivity index (χ4n) is 3.40. The quantitative estimate of drug-likeness (QED) is 0.818. The summed E-state index contributed by atoms with van der Waals surface area (Å²) in [5.74, 6) is -1.67. The van der Waals surface area contributed by atoms with Gasteiger partial charge in [0.1, 0.15) is 0 Å². The van der Waals surface area contributed by atoms with Crippen molar-refractivity contribution in [2.45, 2.75) is 19.0 Å². The zero-order valence-corrected chi connectivity index (χ0v) is 14.7. The fraction of sp³-hybridized carbons (Fsp3) is 0.474. The summed E-state index contributed by atoms with van der Waals surface area (Å²) >= 11 is 0. The van der Waals surface area contributed by atoms with Gasteiger partial charge in [0.25, 0.3) is 0 Å². The number of halogens is 3. The number of allylic oxidation sites excluding steroid dienone is 2. The van der Waals surface area contributed by atoms with Gasteiger partial charge >= 0.3 is 6.18 Å². The number of hydrogen-bond acceptors (Lipinski definition) is 3. The number of carbonyl (C=O) groups excluding carboxylic acids is 2. The van der Waals surface area contributed by atoms with Crippen LogP contribution in [0.2, 0.25) is 0 Å². The minimum atomic E-state index is -4.48. The molecule has 2 atom stereocenters. The fourth-order valence-corrected chi connectivity index (χ4v) is 3.40. The maximum absolute atomic E-state index is 12.9. The molecule has 1 N–H and O–H groups in total. The maximum Gasteiger partial charge on any atom is 0.416 e. The molecule has 0 bridgehead atoms. The van der Waals surface area contributed by atoms with E-state index in [1.165, 1.54) is 12.1 Å². The van der Waals surface area contributed by atoms with Gasteiger partial charge in [0.15, 0.2) is 0 Å². The Morgan fingerprint density at radius 1 is 1.07 bits per heavy atom. The van der Waals surface area contributed by atoms with Gasteiger partial charge in [-0.1, -0.05) is 18.2 Å². The van der Waals surface area contributed by atoms with Crippen LogP contribution in [-0.2, 0) is 20.5 Å². The lowest BCUT2D eigenvalue weighted by atomic mass is 9.81. The topological polar surface area (TPSA) is 58.6 Å². The number of hydrogen-bond donors (Lipinski definition) is 1. The van der Waals surface area contributed by atoms with Crippen molar-refractivity contribution in [3.05, 3.63) is 42.0 Å². The lowest BCUT2D eigenvalue weighted by Gasteiger charge is -2.34. The van der Waals surface area contributed by atoms with Crippen LogP contribution in [0.3, 0.4) is 0 Å². The lowest BCUT2D eigenvalue weighted by Crippen LogP contribution is -2.47. The molecule has 0 saturated carbocycles. The van der Waals surface area contributed by atoms with E-state index in [-0.39, 0.29) is 11.6 Å². The minimum absolute atomic E-state index is 0.0712. The molecule has 0 spiro atoms. The SMILES string of the molecule is O=C(Nc1cccc(C(F)(F)F)c1)[C@H]1CC=CC[C@H]1C(=O)N1CCOCC1. The van der Waals surface area contributed by atoms with E-state index in [9.17, 15) is 22.8 Å². The van der Waals surface area contributed by atoms with Crippen LogP contribution in [-0.4, -0.2) is 43.0 Å². The molecule has 0 radical (unpaired) electrons. The van der Waals surface area contributed by atoms with E-state index < -0.39 is 29.5 Å². The van der Waals surface area contributed by atoms with Crippen LogP contribution >= 0.6 is 0 Å². The third-order valence-electron chi connectivity index (χ3n) is 4.87. The second-order valence-electron chi connectivity index (χ2n) is 6.66. The van der Waals surface area contributed by atoms with E-state index in [1.807, 2.05) is 12.2 Å². The van der Waals surface area contributed by atoms with Crippen molar-refractivity contribution in [1.82, 2.24) is 4.90 Å². The molecule has 5 nitrogen and oxygen atoms in total. The number of nitrogens with one attached hydrogen (secondary N) is 1. The summed E-state index contributed by atoms with van der Waals surface area (Å²) in [6.07, 6.45) is 0.0438. The van der Waals surface area contributed by atoms with Gasteiger partial charge < -0.3 is 15.0 Å². The number of anilines is 1. The normalized spacial score (nSPS) is 23.1. The summed E-state index contributed by atoms with van der Waals surface area (Å²) in [5, 5.41) is 2.54.